The lowest BCUT2D eigenvalue weighted by atomic mass is 9.91. The van der Waals surface area contributed by atoms with Gasteiger partial charge in [0.15, 0.2) is 5.03 Å². The monoisotopic (exact) mass is 650 g/mol. The number of nitriles is 1. The molecule has 1 saturated heterocycles. The van der Waals surface area contributed by atoms with E-state index in [2.05, 4.69) is 16.0 Å². The Kier molecular flexibility index (Phi) is 7.45. The lowest BCUT2D eigenvalue weighted by molar-refractivity contribution is -0.140. The van der Waals surface area contributed by atoms with Crippen LogP contribution in [0.3, 0.4) is 0 Å². The molecule has 1 fully saturated rings. The number of aliphatic carboxylic acids is 1. The number of aromatic nitrogens is 3. The van der Waals surface area contributed by atoms with Gasteiger partial charge in [-0.3, -0.25) is 14.2 Å². The Hall–Kier alpha value is -4.28. The standard InChI is InChI=1S/C30H24Cl2N6O5S/c1-30(15-18-6-8-19(9-7-18)23-4-2-10-34-24(23)16-33)28(41)37(22-13-20(31)12-21(32)14-22)29-35-17-26(38(29)30)44(42,43)36-11-3-5-25(36)27(39)40/h2,4,6-10,12-14,17,25H,3,5,11,15H2,1H3,(H,39,40)/t25-,30+/m0/s1. The third-order valence-corrected chi connectivity index (χ3v) is 10.3. The lowest BCUT2D eigenvalue weighted by Gasteiger charge is -2.28. The number of imidazole rings is 1. The van der Waals surface area contributed by atoms with Crippen LogP contribution in [0, 0.1) is 11.3 Å². The average Bonchev–Trinajstić information content (AvgIpc) is 3.70. The van der Waals surface area contributed by atoms with E-state index in [0.717, 1.165) is 16.1 Å². The van der Waals surface area contributed by atoms with Gasteiger partial charge in [0.2, 0.25) is 5.95 Å². The van der Waals surface area contributed by atoms with E-state index in [1.54, 1.807) is 43.3 Å². The minimum atomic E-state index is -4.39. The van der Waals surface area contributed by atoms with Crippen molar-refractivity contribution in [3.63, 3.8) is 0 Å². The summed E-state index contributed by atoms with van der Waals surface area (Å²) in [5.41, 5.74) is 1.16. The normalized spacial score (nSPS) is 20.1. The molecule has 2 atom stereocenters. The summed E-state index contributed by atoms with van der Waals surface area (Å²) in [5, 5.41) is 19.4. The van der Waals surface area contributed by atoms with E-state index in [4.69, 9.17) is 23.2 Å². The first kappa shape index (κ1) is 29.8. The summed E-state index contributed by atoms with van der Waals surface area (Å²) in [6, 6.07) is 16.1. The molecule has 0 saturated carbocycles. The first-order valence-electron chi connectivity index (χ1n) is 13.5. The van der Waals surface area contributed by atoms with Crippen LogP contribution in [-0.2, 0) is 31.6 Å². The van der Waals surface area contributed by atoms with Gasteiger partial charge in [-0.25, -0.2) is 23.3 Å². The SMILES string of the molecule is C[C@@]1(Cc2ccc(-c3cccnc3C#N)cc2)C(=O)N(c2cc(Cl)cc(Cl)c2)c2ncc(S(=O)(=O)N3CCC[C@H]3C(=O)O)n21. The third-order valence-electron chi connectivity index (χ3n) is 7.96. The van der Waals surface area contributed by atoms with Crippen LogP contribution in [0.4, 0.5) is 11.6 Å². The predicted octanol–water partition coefficient (Wildman–Crippen LogP) is 5.00. The smallest absolute Gasteiger partial charge is 0.322 e. The van der Waals surface area contributed by atoms with Crippen molar-refractivity contribution in [2.75, 3.05) is 11.4 Å². The van der Waals surface area contributed by atoms with E-state index in [-0.39, 0.29) is 46.1 Å². The molecule has 4 aromatic rings. The molecule has 14 heteroatoms. The fourth-order valence-electron chi connectivity index (χ4n) is 5.94. The highest BCUT2D eigenvalue weighted by Gasteiger charge is 2.53. The molecular formula is C30H24Cl2N6O5S. The number of rotatable bonds is 7. The minimum absolute atomic E-state index is 0.0264. The lowest BCUT2D eigenvalue weighted by Crippen LogP contribution is -2.45. The number of hydrogen-bond acceptors (Lipinski definition) is 7. The molecule has 224 valence electrons. The molecule has 0 spiro atoms. The van der Waals surface area contributed by atoms with Crippen molar-refractivity contribution in [2.45, 2.75) is 42.8 Å². The van der Waals surface area contributed by atoms with Gasteiger partial charge in [0.05, 0.1) is 11.9 Å². The van der Waals surface area contributed by atoms with Crippen LogP contribution in [0.15, 0.2) is 72.0 Å². The number of pyridine rings is 1. The summed E-state index contributed by atoms with van der Waals surface area (Å²) >= 11 is 12.5. The van der Waals surface area contributed by atoms with Crippen LogP contribution in [0.25, 0.3) is 11.1 Å². The van der Waals surface area contributed by atoms with Gasteiger partial charge in [0.25, 0.3) is 15.9 Å². The van der Waals surface area contributed by atoms with Crippen molar-refractivity contribution in [3.05, 3.63) is 88.3 Å². The topological polar surface area (TPSA) is 149 Å². The minimum Gasteiger partial charge on any atom is -0.480 e. The van der Waals surface area contributed by atoms with E-state index < -0.39 is 33.5 Å². The maximum Gasteiger partial charge on any atom is 0.322 e. The molecule has 0 radical (unpaired) electrons. The highest BCUT2D eigenvalue weighted by molar-refractivity contribution is 7.89. The van der Waals surface area contributed by atoms with Gasteiger partial charge in [0, 0.05) is 34.8 Å². The maximum absolute atomic E-state index is 14.3. The number of anilines is 2. The van der Waals surface area contributed by atoms with Gasteiger partial charge in [-0.05, 0) is 61.2 Å². The summed E-state index contributed by atoms with van der Waals surface area (Å²) in [7, 11) is -4.39. The second-order valence-corrected chi connectivity index (χ2v) is 13.5. The molecule has 2 aromatic carbocycles. The fraction of sp³-hybridized carbons (Fsp3) is 0.233. The first-order chi connectivity index (χ1) is 21.0. The number of benzene rings is 2. The highest BCUT2D eigenvalue weighted by Crippen LogP contribution is 2.45. The number of amides is 1. The molecule has 4 heterocycles. The summed E-state index contributed by atoms with van der Waals surface area (Å²) in [6.45, 7) is 1.64. The second-order valence-electron chi connectivity index (χ2n) is 10.8. The zero-order valence-electron chi connectivity index (χ0n) is 23.2. The average molecular weight is 652 g/mol. The molecule has 2 aromatic heterocycles. The Balaban J connectivity index is 1.47. The Bertz CT molecular complexity index is 1950. The summed E-state index contributed by atoms with van der Waals surface area (Å²) in [4.78, 5) is 36.0. The quantitative estimate of drug-likeness (QED) is 0.294. The van der Waals surface area contributed by atoms with Crippen molar-refractivity contribution in [1.82, 2.24) is 18.8 Å². The summed E-state index contributed by atoms with van der Waals surface area (Å²) in [6.07, 6.45) is 3.31. The molecule has 0 unspecified atom stereocenters. The van der Waals surface area contributed by atoms with Gasteiger partial charge in [0.1, 0.15) is 23.3 Å². The molecule has 0 bridgehead atoms. The van der Waals surface area contributed by atoms with Gasteiger partial charge in [-0.2, -0.15) is 9.57 Å². The predicted molar refractivity (Wildman–Crippen MR) is 162 cm³/mol. The Morgan fingerprint density at radius 1 is 1.14 bits per heavy atom. The molecule has 6 rings (SSSR count). The summed E-state index contributed by atoms with van der Waals surface area (Å²) < 4.78 is 30.4. The third kappa shape index (κ3) is 4.82. The van der Waals surface area contributed by atoms with Gasteiger partial charge < -0.3 is 5.11 Å². The van der Waals surface area contributed by atoms with Crippen LogP contribution >= 0.6 is 23.2 Å². The van der Waals surface area contributed by atoms with Crippen molar-refractivity contribution >= 4 is 56.7 Å². The van der Waals surface area contributed by atoms with Gasteiger partial charge >= 0.3 is 5.97 Å². The number of carboxylic acid groups (broad SMARTS) is 1. The molecule has 44 heavy (non-hydrogen) atoms. The molecule has 11 nitrogen and oxygen atoms in total. The van der Waals surface area contributed by atoms with E-state index in [9.17, 15) is 28.4 Å². The Labute approximate surface area is 262 Å². The van der Waals surface area contributed by atoms with Crippen LogP contribution < -0.4 is 4.90 Å². The van der Waals surface area contributed by atoms with E-state index in [1.807, 2.05) is 0 Å². The van der Waals surface area contributed by atoms with Crippen LogP contribution in [0.5, 0.6) is 0 Å². The number of halogens is 2. The van der Waals surface area contributed by atoms with E-state index in [0.29, 0.717) is 23.2 Å². The molecule has 2 aliphatic heterocycles. The molecular weight excluding hydrogens is 627 g/mol. The van der Waals surface area contributed by atoms with Crippen LogP contribution in [-0.4, -0.2) is 56.8 Å². The number of fused-ring (bicyclic) bond motifs is 1. The molecule has 2 aliphatic rings. The highest BCUT2D eigenvalue weighted by atomic mass is 35.5. The first-order valence-corrected chi connectivity index (χ1v) is 15.7. The zero-order valence-corrected chi connectivity index (χ0v) is 25.5. The Morgan fingerprint density at radius 3 is 2.50 bits per heavy atom. The number of sulfonamides is 1. The van der Waals surface area contributed by atoms with Gasteiger partial charge in [-0.15, -0.1) is 0 Å². The zero-order chi connectivity index (χ0) is 31.4. The number of carboxylic acids is 1. The number of hydrogen-bond donors (Lipinski definition) is 1. The summed E-state index contributed by atoms with van der Waals surface area (Å²) in [5.74, 6) is -1.68. The number of carbonyl (C=O) groups is 2. The molecule has 0 aliphatic carbocycles. The van der Waals surface area contributed by atoms with Crippen molar-refractivity contribution in [3.8, 4) is 17.2 Å². The Morgan fingerprint density at radius 2 is 1.84 bits per heavy atom. The molecule has 1 amide bonds. The maximum atomic E-state index is 14.3. The van der Waals surface area contributed by atoms with Crippen molar-refractivity contribution in [1.29, 1.82) is 5.26 Å². The fourth-order valence-corrected chi connectivity index (χ4v) is 8.29. The van der Waals surface area contributed by atoms with Crippen molar-refractivity contribution < 1.29 is 23.1 Å². The van der Waals surface area contributed by atoms with E-state index in [1.165, 1.54) is 33.9 Å². The number of carbonyl (C=O) groups excluding carboxylic acids is 1. The van der Waals surface area contributed by atoms with Crippen LogP contribution in [0.1, 0.15) is 31.0 Å². The molecule has 1 N–H and O–H groups in total. The van der Waals surface area contributed by atoms with Crippen LogP contribution in [0.2, 0.25) is 10.0 Å². The number of nitrogens with zero attached hydrogens (tertiary/aromatic N) is 6. The van der Waals surface area contributed by atoms with E-state index >= 15 is 0 Å². The van der Waals surface area contributed by atoms with Crippen molar-refractivity contribution in [2.24, 2.45) is 0 Å². The second kappa shape index (κ2) is 11.0. The van der Waals surface area contributed by atoms with Gasteiger partial charge in [-0.1, -0.05) is 47.5 Å². The largest absolute Gasteiger partial charge is 0.480 e.